The third-order valence-corrected chi connectivity index (χ3v) is 7.14. The number of benzene rings is 1. The molecule has 1 aliphatic heterocycles. The molecule has 0 atom stereocenters. The predicted octanol–water partition coefficient (Wildman–Crippen LogP) is 6.94. The summed E-state index contributed by atoms with van der Waals surface area (Å²) < 4.78 is 13.4. The van der Waals surface area contributed by atoms with E-state index in [9.17, 15) is 9.18 Å². The van der Waals surface area contributed by atoms with Crippen LogP contribution in [-0.4, -0.2) is 48.1 Å². The molecule has 0 bridgehead atoms. The van der Waals surface area contributed by atoms with E-state index in [2.05, 4.69) is 23.2 Å². The van der Waals surface area contributed by atoms with Crippen LogP contribution in [0.4, 0.5) is 14.9 Å². The van der Waals surface area contributed by atoms with Gasteiger partial charge in [-0.3, -0.25) is 0 Å². The van der Waals surface area contributed by atoms with Gasteiger partial charge in [0, 0.05) is 36.8 Å². The van der Waals surface area contributed by atoms with E-state index in [1.807, 2.05) is 35.3 Å². The largest absolute Gasteiger partial charge is 0.322 e. The molecule has 5 nitrogen and oxygen atoms in total. The summed E-state index contributed by atoms with van der Waals surface area (Å²) in [6, 6.07) is 6.59. The lowest BCUT2D eigenvalue weighted by Crippen LogP contribution is -2.47. The minimum Gasteiger partial charge on any atom is -0.320 e. The molecule has 4 rings (SSSR count). The van der Waals surface area contributed by atoms with E-state index in [1.54, 1.807) is 6.07 Å². The second-order valence-electron chi connectivity index (χ2n) is 9.54. The molecule has 0 radical (unpaired) electrons. The third-order valence-electron chi connectivity index (χ3n) is 6.85. The van der Waals surface area contributed by atoms with Crippen LogP contribution in [0.5, 0.6) is 0 Å². The number of nitrogens with one attached hydrogen (secondary N) is 1. The van der Waals surface area contributed by atoms with E-state index < -0.39 is 5.82 Å². The molecule has 1 saturated carbocycles. The van der Waals surface area contributed by atoms with Crippen LogP contribution in [-0.2, 0) is 0 Å². The van der Waals surface area contributed by atoms with E-state index in [0.717, 1.165) is 56.9 Å². The smallest absolute Gasteiger partial charge is 0.320 e. The fourth-order valence-corrected chi connectivity index (χ4v) is 4.87. The van der Waals surface area contributed by atoms with E-state index in [0.29, 0.717) is 5.69 Å². The molecule has 1 N–H and O–H groups in total. The fourth-order valence-electron chi connectivity index (χ4n) is 4.69. The van der Waals surface area contributed by atoms with Crippen molar-refractivity contribution in [2.75, 3.05) is 31.5 Å². The van der Waals surface area contributed by atoms with Crippen molar-refractivity contribution in [2.24, 2.45) is 5.92 Å². The zero-order valence-electron chi connectivity index (χ0n) is 20.6. The number of likely N-dealkylation sites (tertiary alicyclic amines) is 1. The normalized spacial score (nSPS) is 21.8. The Morgan fingerprint density at radius 3 is 2.63 bits per heavy atom. The van der Waals surface area contributed by atoms with Crippen molar-refractivity contribution in [1.82, 2.24) is 9.80 Å². The Balaban J connectivity index is 0.000000320. The number of anilines is 1. The number of carbonyl (C=O) groups excluding carboxylic acids is 1. The molecule has 2 aliphatic carbocycles. The van der Waals surface area contributed by atoms with Crippen molar-refractivity contribution < 1.29 is 9.18 Å². The highest BCUT2D eigenvalue weighted by Gasteiger charge is 2.28. The maximum absolute atomic E-state index is 13.4. The Morgan fingerprint density at radius 2 is 1.94 bits per heavy atom. The van der Waals surface area contributed by atoms with Crippen LogP contribution in [0.3, 0.4) is 0 Å². The van der Waals surface area contributed by atoms with Crippen molar-refractivity contribution in [3.63, 3.8) is 0 Å². The van der Waals surface area contributed by atoms with Crippen LogP contribution in [0.25, 0.3) is 0 Å². The summed E-state index contributed by atoms with van der Waals surface area (Å²) in [5.74, 6) is 0.266. The SMILES string of the molecule is CC1CCC(N(CCN2CCCC2)C(=O)Nc2ccc(F)c(Cl)c2)CC1.N#CC1=CC=CC=CC1. The van der Waals surface area contributed by atoms with Crippen LogP contribution in [0.2, 0.25) is 5.02 Å². The van der Waals surface area contributed by atoms with Gasteiger partial charge in [-0.1, -0.05) is 42.8 Å². The molecule has 0 aromatic heterocycles. The van der Waals surface area contributed by atoms with Crippen molar-refractivity contribution in [3.8, 4) is 6.07 Å². The van der Waals surface area contributed by atoms with Crippen LogP contribution in [0.15, 0.2) is 54.2 Å². The van der Waals surface area contributed by atoms with E-state index >= 15 is 0 Å². The maximum atomic E-state index is 13.4. The van der Waals surface area contributed by atoms with Crippen LogP contribution in [0.1, 0.15) is 51.9 Å². The van der Waals surface area contributed by atoms with Crippen LogP contribution in [0, 0.1) is 23.1 Å². The lowest BCUT2D eigenvalue weighted by molar-refractivity contribution is 0.145. The van der Waals surface area contributed by atoms with Gasteiger partial charge in [-0.05, 0) is 81.8 Å². The number of nitrogens with zero attached hydrogens (tertiary/aromatic N) is 3. The summed E-state index contributed by atoms with van der Waals surface area (Å²) >= 11 is 5.84. The Hall–Kier alpha value is -2.62. The van der Waals surface area contributed by atoms with Gasteiger partial charge in [0.1, 0.15) is 5.82 Å². The summed E-state index contributed by atoms with van der Waals surface area (Å²) in [4.78, 5) is 17.4. The van der Waals surface area contributed by atoms with Crippen LogP contribution >= 0.6 is 11.6 Å². The zero-order chi connectivity index (χ0) is 25.0. The fraction of sp³-hybridized carbons (Fsp3) is 0.500. The predicted molar refractivity (Wildman–Crippen MR) is 141 cm³/mol. The number of nitriles is 1. The van der Waals surface area contributed by atoms with Gasteiger partial charge in [-0.2, -0.15) is 5.26 Å². The monoisotopic (exact) mass is 498 g/mol. The molecule has 1 aromatic carbocycles. The average Bonchev–Trinajstić information content (AvgIpc) is 3.23. The second kappa shape index (κ2) is 14.1. The summed E-state index contributed by atoms with van der Waals surface area (Å²) in [5.41, 5.74) is 1.36. The van der Waals surface area contributed by atoms with Gasteiger partial charge in [0.2, 0.25) is 0 Å². The van der Waals surface area contributed by atoms with Gasteiger partial charge >= 0.3 is 6.03 Å². The first-order chi connectivity index (χ1) is 17.0. The molecular formula is C28H36ClFN4O. The van der Waals surface area contributed by atoms with Gasteiger partial charge in [0.15, 0.2) is 0 Å². The Labute approximate surface area is 213 Å². The molecule has 1 heterocycles. The molecule has 0 unspecified atom stereocenters. The maximum Gasteiger partial charge on any atom is 0.322 e. The van der Waals surface area contributed by atoms with Gasteiger partial charge < -0.3 is 15.1 Å². The lowest BCUT2D eigenvalue weighted by Gasteiger charge is -2.37. The molecular weight excluding hydrogens is 463 g/mol. The highest BCUT2D eigenvalue weighted by atomic mass is 35.5. The second-order valence-corrected chi connectivity index (χ2v) is 9.94. The molecule has 188 valence electrons. The van der Waals surface area contributed by atoms with Gasteiger partial charge in [0.05, 0.1) is 11.1 Å². The number of hydrogen-bond acceptors (Lipinski definition) is 3. The van der Waals surface area contributed by atoms with Crippen LogP contribution < -0.4 is 5.32 Å². The van der Waals surface area contributed by atoms with Crippen molar-refractivity contribution in [2.45, 2.75) is 57.9 Å². The van der Waals surface area contributed by atoms with Gasteiger partial charge in [0.25, 0.3) is 0 Å². The average molecular weight is 499 g/mol. The first-order valence-electron chi connectivity index (χ1n) is 12.6. The number of rotatable bonds is 5. The molecule has 7 heteroatoms. The molecule has 3 aliphatic rings. The third kappa shape index (κ3) is 8.83. The quantitative estimate of drug-likeness (QED) is 0.478. The molecule has 1 aromatic rings. The van der Waals surface area contributed by atoms with Crippen molar-refractivity contribution in [1.29, 1.82) is 5.26 Å². The summed E-state index contributed by atoms with van der Waals surface area (Å²) in [7, 11) is 0. The number of halogens is 2. The Bertz CT molecular complexity index is 970. The number of allylic oxidation sites excluding steroid dienone is 6. The first-order valence-corrected chi connectivity index (χ1v) is 13.0. The van der Waals surface area contributed by atoms with Gasteiger partial charge in [-0.15, -0.1) is 0 Å². The molecule has 0 spiro atoms. The summed E-state index contributed by atoms with van der Waals surface area (Å²) in [6.07, 6.45) is 17.3. The topological polar surface area (TPSA) is 59.4 Å². The van der Waals surface area contributed by atoms with E-state index in [4.69, 9.17) is 16.9 Å². The molecule has 2 amide bonds. The van der Waals surface area contributed by atoms with E-state index in [1.165, 1.54) is 37.8 Å². The minimum absolute atomic E-state index is 0.0258. The van der Waals surface area contributed by atoms with E-state index in [-0.39, 0.29) is 17.1 Å². The Morgan fingerprint density at radius 1 is 1.20 bits per heavy atom. The molecule has 2 fully saturated rings. The zero-order valence-corrected chi connectivity index (χ0v) is 21.3. The Kier molecular flexibility index (Phi) is 10.8. The summed E-state index contributed by atoms with van der Waals surface area (Å²) in [6.45, 7) is 6.20. The molecule has 1 saturated heterocycles. The first kappa shape index (κ1) is 27.0. The minimum atomic E-state index is -0.475. The number of hydrogen-bond donors (Lipinski definition) is 1. The number of carbonyl (C=O) groups is 1. The standard InChI is InChI=1S/C20H29ClFN3O.C8H7N/c1-15-4-7-17(8-5-15)25(13-12-24-10-2-3-11-24)20(26)23-16-6-9-19(22)18(21)14-16;9-7-8-5-3-1-2-4-6-8/h6,9,14-15,17H,2-5,7-8,10-13H2,1H3,(H,23,26);1-5H,6H2. The number of urea groups is 1. The van der Waals surface area contributed by atoms with Crippen molar-refractivity contribution >= 4 is 23.3 Å². The van der Waals surface area contributed by atoms with Gasteiger partial charge in [-0.25, -0.2) is 9.18 Å². The lowest BCUT2D eigenvalue weighted by atomic mass is 9.86. The van der Waals surface area contributed by atoms with Crippen molar-refractivity contribution in [3.05, 3.63) is 65.0 Å². The highest BCUT2D eigenvalue weighted by molar-refractivity contribution is 6.31. The number of amides is 2. The molecule has 35 heavy (non-hydrogen) atoms. The summed E-state index contributed by atoms with van der Waals surface area (Å²) in [5, 5.41) is 11.4. The highest BCUT2D eigenvalue weighted by Crippen LogP contribution is 2.28.